The lowest BCUT2D eigenvalue weighted by atomic mass is 10.1. The molecule has 1 saturated heterocycles. The second-order valence-electron chi connectivity index (χ2n) is 5.53. The molecule has 1 aliphatic rings. The monoisotopic (exact) mass is 394 g/mol. The molecule has 0 bridgehead atoms. The van der Waals surface area contributed by atoms with Crippen LogP contribution in [0.4, 0.5) is 14.6 Å². The van der Waals surface area contributed by atoms with Crippen LogP contribution in [0, 0.1) is 0 Å². The Hall–Kier alpha value is -2.48. The van der Waals surface area contributed by atoms with Gasteiger partial charge in [-0.05, 0) is 6.07 Å². The smallest absolute Gasteiger partial charge is 0.351 e. The Morgan fingerprint density at radius 2 is 2.11 bits per heavy atom. The Labute approximate surface area is 151 Å². The molecule has 0 aromatic carbocycles. The number of halogens is 2. The highest BCUT2D eigenvalue weighted by Gasteiger charge is 2.59. The lowest BCUT2D eigenvalue weighted by Gasteiger charge is -2.21. The van der Waals surface area contributed by atoms with Gasteiger partial charge in [0.05, 0.1) is 13.0 Å². The standard InChI is InChI=1S/C13H16F2N4O7.CH4/c14-13(15)9(22)6(4-20)26-11(13)19-2-1-7(18-12(19)25)17-8(21)3-5(16)10(23)24;/h1-2,5-6,9,11,20,22H,3-4,16H2,(H,23,24)(H,17,18,21,25);1H4/t5?,6-,9?,11-;/m1./s1. The van der Waals surface area contributed by atoms with Gasteiger partial charge in [0, 0.05) is 6.20 Å². The molecule has 1 aromatic rings. The molecule has 1 aromatic heterocycles. The first-order chi connectivity index (χ1) is 12.1. The Morgan fingerprint density at radius 3 is 2.59 bits per heavy atom. The molecule has 4 atom stereocenters. The van der Waals surface area contributed by atoms with Crippen molar-refractivity contribution in [1.82, 2.24) is 9.55 Å². The van der Waals surface area contributed by atoms with Gasteiger partial charge in [-0.1, -0.05) is 7.43 Å². The molecule has 0 radical (unpaired) electrons. The van der Waals surface area contributed by atoms with Gasteiger partial charge in [-0.25, -0.2) is 4.79 Å². The van der Waals surface area contributed by atoms with Crippen LogP contribution >= 0.6 is 0 Å². The van der Waals surface area contributed by atoms with E-state index in [1.165, 1.54) is 0 Å². The largest absolute Gasteiger partial charge is 0.480 e. The molecule has 1 aliphatic heterocycles. The number of carboxylic acids is 1. The number of hydrogen-bond donors (Lipinski definition) is 5. The number of nitrogens with zero attached hydrogens (tertiary/aromatic N) is 2. The highest BCUT2D eigenvalue weighted by Crippen LogP contribution is 2.41. The second-order valence-corrected chi connectivity index (χ2v) is 5.53. The lowest BCUT2D eigenvalue weighted by molar-refractivity contribution is -0.141. The third-order valence-electron chi connectivity index (χ3n) is 3.63. The number of alkyl halides is 2. The third kappa shape index (κ3) is 4.63. The van der Waals surface area contributed by atoms with Crippen molar-refractivity contribution < 1.29 is 38.4 Å². The molecule has 2 unspecified atom stereocenters. The van der Waals surface area contributed by atoms with E-state index in [0.717, 1.165) is 12.3 Å². The molecule has 0 saturated carbocycles. The van der Waals surface area contributed by atoms with Crippen molar-refractivity contribution in [2.24, 2.45) is 5.73 Å². The van der Waals surface area contributed by atoms with Crippen molar-refractivity contribution in [3.63, 3.8) is 0 Å². The summed E-state index contributed by atoms with van der Waals surface area (Å²) in [6.07, 6.45) is -5.83. The van der Waals surface area contributed by atoms with Crippen molar-refractivity contribution in [2.45, 2.75) is 44.2 Å². The van der Waals surface area contributed by atoms with Crippen LogP contribution in [0.1, 0.15) is 20.1 Å². The third-order valence-corrected chi connectivity index (χ3v) is 3.63. The van der Waals surface area contributed by atoms with Crippen molar-refractivity contribution in [3.8, 4) is 0 Å². The van der Waals surface area contributed by atoms with Crippen LogP contribution < -0.4 is 16.7 Å². The molecule has 11 nitrogen and oxygen atoms in total. The number of amides is 1. The van der Waals surface area contributed by atoms with Crippen LogP contribution in [0.15, 0.2) is 17.1 Å². The average Bonchev–Trinajstić information content (AvgIpc) is 2.77. The number of aliphatic hydroxyl groups excluding tert-OH is 2. The number of ether oxygens (including phenoxy) is 1. The highest BCUT2D eigenvalue weighted by atomic mass is 19.3. The zero-order chi connectivity index (χ0) is 19.6. The number of carbonyl (C=O) groups is 2. The summed E-state index contributed by atoms with van der Waals surface area (Å²) in [7, 11) is 0. The lowest BCUT2D eigenvalue weighted by Crippen LogP contribution is -2.42. The van der Waals surface area contributed by atoms with E-state index in [4.69, 9.17) is 20.7 Å². The summed E-state index contributed by atoms with van der Waals surface area (Å²) in [5.74, 6) is -6.42. The van der Waals surface area contributed by atoms with E-state index in [0.29, 0.717) is 4.57 Å². The van der Waals surface area contributed by atoms with E-state index in [-0.39, 0.29) is 13.2 Å². The second kappa shape index (κ2) is 8.47. The number of aromatic nitrogens is 2. The molecule has 6 N–H and O–H groups in total. The topological polar surface area (TPSA) is 177 Å². The summed E-state index contributed by atoms with van der Waals surface area (Å²) in [5, 5.41) is 29.1. The van der Waals surface area contributed by atoms with Gasteiger partial charge < -0.3 is 31.1 Å². The minimum atomic E-state index is -3.86. The molecule has 1 amide bonds. The van der Waals surface area contributed by atoms with E-state index >= 15 is 0 Å². The fourth-order valence-corrected chi connectivity index (χ4v) is 2.26. The number of carboxylic acid groups (broad SMARTS) is 1. The van der Waals surface area contributed by atoms with Gasteiger partial charge in [-0.15, -0.1) is 0 Å². The minimum absolute atomic E-state index is 0. The maximum Gasteiger partial charge on any atom is 0.351 e. The molecule has 13 heteroatoms. The van der Waals surface area contributed by atoms with Crippen molar-refractivity contribution in [3.05, 3.63) is 22.7 Å². The van der Waals surface area contributed by atoms with E-state index in [9.17, 15) is 28.3 Å². The Bertz CT molecular complexity index is 757. The average molecular weight is 394 g/mol. The van der Waals surface area contributed by atoms with Crippen molar-refractivity contribution >= 4 is 17.7 Å². The van der Waals surface area contributed by atoms with Crippen molar-refractivity contribution in [2.75, 3.05) is 11.9 Å². The number of anilines is 1. The van der Waals surface area contributed by atoms with Crippen LogP contribution in [-0.4, -0.2) is 67.5 Å². The van der Waals surface area contributed by atoms with E-state index < -0.39 is 61.0 Å². The summed E-state index contributed by atoms with van der Waals surface area (Å²) >= 11 is 0. The molecule has 0 aliphatic carbocycles. The molecular weight excluding hydrogens is 374 g/mol. The first kappa shape index (κ1) is 22.6. The van der Waals surface area contributed by atoms with Gasteiger partial charge >= 0.3 is 17.6 Å². The van der Waals surface area contributed by atoms with E-state index in [1.54, 1.807) is 0 Å². The van der Waals surface area contributed by atoms with Gasteiger partial charge in [-0.3, -0.25) is 14.2 Å². The van der Waals surface area contributed by atoms with Gasteiger partial charge in [-0.2, -0.15) is 13.8 Å². The fourth-order valence-electron chi connectivity index (χ4n) is 2.26. The SMILES string of the molecule is C.NC(CC(=O)Nc1ccn([C@@H]2O[C@H](CO)C(O)C2(F)F)c(=O)n1)C(=O)O. The number of nitrogens with two attached hydrogens (primary N) is 1. The molecule has 2 heterocycles. The predicted octanol–water partition coefficient (Wildman–Crippen LogP) is -1.49. The number of nitrogens with one attached hydrogen (secondary N) is 1. The van der Waals surface area contributed by atoms with Gasteiger partial charge in [0.2, 0.25) is 12.1 Å². The first-order valence-electron chi connectivity index (χ1n) is 7.27. The number of carbonyl (C=O) groups excluding carboxylic acids is 1. The summed E-state index contributed by atoms with van der Waals surface area (Å²) in [6, 6.07) is -0.457. The van der Waals surface area contributed by atoms with Crippen LogP contribution in [0.5, 0.6) is 0 Å². The number of aliphatic carboxylic acids is 1. The van der Waals surface area contributed by atoms with Gasteiger partial charge in [0.15, 0.2) is 6.10 Å². The van der Waals surface area contributed by atoms with Crippen LogP contribution in [0.3, 0.4) is 0 Å². The maximum absolute atomic E-state index is 14.0. The van der Waals surface area contributed by atoms with Crippen LogP contribution in [0.25, 0.3) is 0 Å². The Balaban J connectivity index is 0.00000364. The number of rotatable bonds is 6. The normalized spacial score (nSPS) is 24.7. The van der Waals surface area contributed by atoms with Crippen molar-refractivity contribution in [1.29, 1.82) is 0 Å². The minimum Gasteiger partial charge on any atom is -0.480 e. The first-order valence-corrected chi connectivity index (χ1v) is 7.27. The zero-order valence-corrected chi connectivity index (χ0v) is 13.1. The van der Waals surface area contributed by atoms with Gasteiger partial charge in [0.1, 0.15) is 18.0 Å². The summed E-state index contributed by atoms with van der Waals surface area (Å²) in [6.45, 7) is -0.882. The zero-order valence-electron chi connectivity index (χ0n) is 13.1. The summed E-state index contributed by atoms with van der Waals surface area (Å²) in [5.41, 5.74) is 3.96. The Morgan fingerprint density at radius 1 is 1.48 bits per heavy atom. The van der Waals surface area contributed by atoms with Crippen LogP contribution in [0.2, 0.25) is 0 Å². The Kier molecular flexibility index (Phi) is 7.08. The maximum atomic E-state index is 14.0. The highest BCUT2D eigenvalue weighted by molar-refractivity contribution is 5.93. The van der Waals surface area contributed by atoms with Gasteiger partial charge in [0.25, 0.3) is 0 Å². The number of hydrogen-bond acceptors (Lipinski definition) is 8. The summed E-state index contributed by atoms with van der Waals surface area (Å²) < 4.78 is 33.3. The van der Waals surface area contributed by atoms with E-state index in [1.807, 2.05) is 0 Å². The summed E-state index contributed by atoms with van der Waals surface area (Å²) in [4.78, 5) is 37.5. The quantitative estimate of drug-likeness (QED) is 0.384. The molecule has 1 fully saturated rings. The molecule has 2 rings (SSSR count). The van der Waals surface area contributed by atoms with E-state index in [2.05, 4.69) is 10.3 Å². The predicted molar refractivity (Wildman–Crippen MR) is 86.0 cm³/mol. The molecule has 0 spiro atoms. The molecular formula is C14H20F2N4O7. The van der Waals surface area contributed by atoms with Crippen LogP contribution in [-0.2, 0) is 14.3 Å². The fraction of sp³-hybridized carbons (Fsp3) is 0.571. The molecule has 152 valence electrons. The molecule has 27 heavy (non-hydrogen) atoms. The number of aliphatic hydroxyl groups is 2.